The smallest absolute Gasteiger partial charge is 0.279 e. The van der Waals surface area contributed by atoms with Gasteiger partial charge in [0.1, 0.15) is 5.75 Å². The Morgan fingerprint density at radius 1 is 1.03 bits per heavy atom. The van der Waals surface area contributed by atoms with Gasteiger partial charge in [0, 0.05) is 6.92 Å². The van der Waals surface area contributed by atoms with E-state index in [-0.39, 0.29) is 18.1 Å². The first-order valence-corrected chi connectivity index (χ1v) is 9.21. The summed E-state index contributed by atoms with van der Waals surface area (Å²) in [6.07, 6.45) is -1.16. The van der Waals surface area contributed by atoms with Crippen molar-refractivity contribution in [1.82, 2.24) is 16.2 Å². The Kier molecular flexibility index (Phi) is 8.16. The summed E-state index contributed by atoms with van der Waals surface area (Å²) in [4.78, 5) is 35.9. The lowest BCUT2D eigenvalue weighted by Crippen LogP contribution is -2.48. The van der Waals surface area contributed by atoms with Crippen molar-refractivity contribution in [1.29, 1.82) is 0 Å². The maximum absolute atomic E-state index is 13.6. The fourth-order valence-electron chi connectivity index (χ4n) is 2.59. The van der Waals surface area contributed by atoms with Crippen LogP contribution < -0.4 is 25.6 Å². The molecule has 0 aromatic heterocycles. The van der Waals surface area contributed by atoms with Crippen molar-refractivity contribution >= 4 is 17.7 Å². The van der Waals surface area contributed by atoms with Crippen molar-refractivity contribution in [2.45, 2.75) is 32.4 Å². The number of halogens is 1. The number of hydrogen-bond donors (Lipinski definition) is 3. The van der Waals surface area contributed by atoms with E-state index in [0.717, 1.165) is 0 Å². The number of carbonyl (C=O) groups is 3. The Labute approximate surface area is 173 Å². The number of nitrogens with one attached hydrogen (secondary N) is 3. The lowest BCUT2D eigenvalue weighted by Gasteiger charge is -2.19. The van der Waals surface area contributed by atoms with Crippen LogP contribution in [-0.4, -0.2) is 30.9 Å². The Morgan fingerprint density at radius 2 is 1.70 bits per heavy atom. The molecular weight excluding hydrogens is 393 g/mol. The van der Waals surface area contributed by atoms with Crippen LogP contribution in [0.15, 0.2) is 48.5 Å². The molecule has 2 atom stereocenters. The molecule has 160 valence electrons. The van der Waals surface area contributed by atoms with Crippen LogP contribution in [0.4, 0.5) is 4.39 Å². The number of rotatable bonds is 8. The van der Waals surface area contributed by atoms with Gasteiger partial charge >= 0.3 is 0 Å². The first-order valence-electron chi connectivity index (χ1n) is 9.21. The summed E-state index contributed by atoms with van der Waals surface area (Å²) in [6.45, 7) is 2.77. The van der Waals surface area contributed by atoms with E-state index in [9.17, 15) is 18.8 Å². The lowest BCUT2D eigenvalue weighted by atomic mass is 10.0. The van der Waals surface area contributed by atoms with Crippen LogP contribution in [0.1, 0.15) is 31.9 Å². The van der Waals surface area contributed by atoms with Gasteiger partial charge in [-0.3, -0.25) is 25.2 Å². The standard InChI is InChI=1S/C21H24FN3O5/c1-13(30-19-7-5-4-6-17(19)22)21(28)25-24-20(27)12-18(23-14(2)26)15-8-10-16(29-3)11-9-15/h4-11,13,18H,12H2,1-3H3,(H,23,26)(H,24,27)(H,25,28)/t13-,18-/m0/s1. The van der Waals surface area contributed by atoms with Crippen molar-refractivity contribution in [3.63, 3.8) is 0 Å². The summed E-state index contributed by atoms with van der Waals surface area (Å²) < 4.78 is 24.0. The zero-order valence-corrected chi connectivity index (χ0v) is 16.9. The molecule has 0 aliphatic carbocycles. The van der Waals surface area contributed by atoms with Gasteiger partial charge in [0.05, 0.1) is 19.6 Å². The minimum Gasteiger partial charge on any atom is -0.497 e. The zero-order valence-electron chi connectivity index (χ0n) is 16.9. The van der Waals surface area contributed by atoms with Crippen LogP contribution in [0.3, 0.4) is 0 Å². The van der Waals surface area contributed by atoms with E-state index in [2.05, 4.69) is 16.2 Å². The van der Waals surface area contributed by atoms with Crippen LogP contribution >= 0.6 is 0 Å². The van der Waals surface area contributed by atoms with Gasteiger partial charge in [0.15, 0.2) is 17.7 Å². The molecule has 3 N–H and O–H groups in total. The van der Waals surface area contributed by atoms with Crippen LogP contribution in [0.2, 0.25) is 0 Å². The second-order valence-corrected chi connectivity index (χ2v) is 6.46. The highest BCUT2D eigenvalue weighted by Gasteiger charge is 2.20. The van der Waals surface area contributed by atoms with E-state index in [1.807, 2.05) is 0 Å². The SMILES string of the molecule is COc1ccc([C@H](CC(=O)NNC(=O)[C@H](C)Oc2ccccc2F)NC(C)=O)cc1. The highest BCUT2D eigenvalue weighted by molar-refractivity contribution is 5.85. The predicted molar refractivity (Wildman–Crippen MR) is 107 cm³/mol. The molecule has 0 spiro atoms. The summed E-state index contributed by atoms with van der Waals surface area (Å²) in [6, 6.07) is 12.0. The topological polar surface area (TPSA) is 106 Å². The summed E-state index contributed by atoms with van der Waals surface area (Å²) in [5.41, 5.74) is 5.20. The highest BCUT2D eigenvalue weighted by atomic mass is 19.1. The van der Waals surface area contributed by atoms with Crippen LogP contribution in [0.25, 0.3) is 0 Å². The molecule has 0 aliphatic rings. The fourth-order valence-corrected chi connectivity index (χ4v) is 2.59. The monoisotopic (exact) mass is 417 g/mol. The van der Waals surface area contributed by atoms with Gasteiger partial charge in [0.2, 0.25) is 11.8 Å². The molecule has 9 heteroatoms. The van der Waals surface area contributed by atoms with E-state index < -0.39 is 29.8 Å². The van der Waals surface area contributed by atoms with Crippen LogP contribution in [-0.2, 0) is 14.4 Å². The molecule has 8 nitrogen and oxygen atoms in total. The average Bonchev–Trinajstić information content (AvgIpc) is 2.72. The minimum absolute atomic E-state index is 0.0725. The van der Waals surface area contributed by atoms with Gasteiger partial charge in [0.25, 0.3) is 5.91 Å². The zero-order chi connectivity index (χ0) is 22.1. The fraction of sp³-hybridized carbons (Fsp3) is 0.286. The number of methoxy groups -OCH3 is 1. The summed E-state index contributed by atoms with van der Waals surface area (Å²) in [7, 11) is 1.54. The predicted octanol–water partition coefficient (Wildman–Crippen LogP) is 2.02. The van der Waals surface area contributed by atoms with Gasteiger partial charge in [-0.1, -0.05) is 24.3 Å². The quantitative estimate of drug-likeness (QED) is 0.570. The third kappa shape index (κ3) is 6.77. The van der Waals surface area contributed by atoms with Crippen molar-refractivity contribution in [3.8, 4) is 11.5 Å². The van der Waals surface area contributed by atoms with Crippen molar-refractivity contribution in [3.05, 3.63) is 59.9 Å². The number of carbonyl (C=O) groups excluding carboxylic acids is 3. The normalized spacial score (nSPS) is 12.3. The van der Waals surface area contributed by atoms with Gasteiger partial charge < -0.3 is 14.8 Å². The molecule has 2 rings (SSSR count). The Bertz CT molecular complexity index is 888. The maximum Gasteiger partial charge on any atom is 0.279 e. The number of para-hydroxylation sites is 1. The van der Waals surface area contributed by atoms with Gasteiger partial charge in [-0.05, 0) is 36.8 Å². The molecule has 0 unspecified atom stereocenters. The molecule has 2 aromatic carbocycles. The molecule has 30 heavy (non-hydrogen) atoms. The van der Waals surface area contributed by atoms with Gasteiger partial charge in [-0.15, -0.1) is 0 Å². The third-order valence-corrected chi connectivity index (χ3v) is 4.12. The molecule has 0 saturated carbocycles. The second kappa shape index (κ2) is 10.8. The first-order chi connectivity index (χ1) is 14.3. The van der Waals surface area contributed by atoms with Crippen LogP contribution in [0.5, 0.6) is 11.5 Å². The Hall–Kier alpha value is -3.62. The molecule has 3 amide bonds. The maximum atomic E-state index is 13.6. The van der Waals surface area contributed by atoms with Crippen molar-refractivity contribution in [2.75, 3.05) is 7.11 Å². The van der Waals surface area contributed by atoms with E-state index >= 15 is 0 Å². The largest absolute Gasteiger partial charge is 0.497 e. The summed E-state index contributed by atoms with van der Waals surface area (Å²) in [5.74, 6) is -1.53. The summed E-state index contributed by atoms with van der Waals surface area (Å²) >= 11 is 0. The molecule has 2 aromatic rings. The Morgan fingerprint density at radius 3 is 2.30 bits per heavy atom. The molecule has 0 fully saturated rings. The number of hydrazine groups is 1. The number of amides is 3. The molecule has 0 saturated heterocycles. The molecule has 0 aliphatic heterocycles. The number of benzene rings is 2. The molecular formula is C21H24FN3O5. The van der Waals surface area contributed by atoms with Gasteiger partial charge in [-0.2, -0.15) is 0 Å². The highest BCUT2D eigenvalue weighted by Crippen LogP contribution is 2.20. The average molecular weight is 417 g/mol. The molecule has 0 heterocycles. The van der Waals surface area contributed by atoms with E-state index in [4.69, 9.17) is 9.47 Å². The lowest BCUT2D eigenvalue weighted by molar-refractivity contribution is -0.133. The van der Waals surface area contributed by atoms with Crippen molar-refractivity contribution in [2.24, 2.45) is 0 Å². The minimum atomic E-state index is -1.05. The Balaban J connectivity index is 1.91. The van der Waals surface area contributed by atoms with Crippen molar-refractivity contribution < 1.29 is 28.2 Å². The van der Waals surface area contributed by atoms with Gasteiger partial charge in [-0.25, -0.2) is 4.39 Å². The number of hydrogen-bond acceptors (Lipinski definition) is 5. The summed E-state index contributed by atoms with van der Waals surface area (Å²) in [5, 5.41) is 2.69. The molecule has 0 radical (unpaired) electrons. The van der Waals surface area contributed by atoms with E-state index in [1.165, 1.54) is 39.2 Å². The van der Waals surface area contributed by atoms with E-state index in [0.29, 0.717) is 11.3 Å². The molecule has 0 bridgehead atoms. The van der Waals surface area contributed by atoms with Crippen LogP contribution in [0, 0.1) is 5.82 Å². The first kappa shape index (κ1) is 22.7. The number of ether oxygens (including phenoxy) is 2. The second-order valence-electron chi connectivity index (χ2n) is 6.46. The third-order valence-electron chi connectivity index (χ3n) is 4.12. The van der Waals surface area contributed by atoms with E-state index in [1.54, 1.807) is 30.3 Å².